The minimum absolute atomic E-state index is 0.00124. The number of carbonyl (C=O) groups is 1. The van der Waals surface area contributed by atoms with E-state index in [9.17, 15) is 13.2 Å². The Morgan fingerprint density at radius 3 is 2.55 bits per heavy atom. The third-order valence-electron chi connectivity index (χ3n) is 3.11. The second-order valence-corrected chi connectivity index (χ2v) is 6.65. The fourth-order valence-electron chi connectivity index (χ4n) is 2.07. The molecule has 1 N–H and O–H groups in total. The molecule has 1 fully saturated rings. The lowest BCUT2D eigenvalue weighted by molar-refractivity contribution is -0.142. The van der Waals surface area contributed by atoms with Gasteiger partial charge in [-0.1, -0.05) is 0 Å². The van der Waals surface area contributed by atoms with E-state index in [1.54, 1.807) is 6.92 Å². The Labute approximate surface area is 119 Å². The molecular formula is C12H23NO6S. The van der Waals surface area contributed by atoms with Crippen LogP contribution in [0, 0.1) is 0 Å². The topological polar surface area (TPSA) is 93.1 Å². The van der Waals surface area contributed by atoms with Gasteiger partial charge < -0.3 is 14.6 Å². The van der Waals surface area contributed by atoms with E-state index in [-0.39, 0.29) is 38.1 Å². The second kappa shape index (κ2) is 8.56. The van der Waals surface area contributed by atoms with E-state index in [0.29, 0.717) is 25.9 Å². The summed E-state index contributed by atoms with van der Waals surface area (Å²) in [6.07, 6.45) is 1.10. The first-order valence-electron chi connectivity index (χ1n) is 6.85. The molecule has 1 saturated heterocycles. The number of carbonyl (C=O) groups excluding carboxylic acids is 1. The zero-order valence-corrected chi connectivity index (χ0v) is 12.6. The molecule has 20 heavy (non-hydrogen) atoms. The Kier molecular flexibility index (Phi) is 7.42. The van der Waals surface area contributed by atoms with Gasteiger partial charge in [-0.05, 0) is 19.8 Å². The van der Waals surface area contributed by atoms with Crippen molar-refractivity contribution in [1.29, 1.82) is 0 Å². The number of sulfonamides is 1. The van der Waals surface area contributed by atoms with Crippen LogP contribution in [0.2, 0.25) is 0 Å². The molecule has 1 heterocycles. The molecule has 0 aromatic heterocycles. The highest BCUT2D eigenvalue weighted by atomic mass is 32.2. The van der Waals surface area contributed by atoms with Crippen molar-refractivity contribution in [2.24, 2.45) is 0 Å². The van der Waals surface area contributed by atoms with Crippen LogP contribution in [0.4, 0.5) is 0 Å². The molecule has 0 aromatic carbocycles. The molecule has 1 rings (SSSR count). The Morgan fingerprint density at radius 2 is 2.00 bits per heavy atom. The van der Waals surface area contributed by atoms with Crippen LogP contribution in [0.15, 0.2) is 0 Å². The summed E-state index contributed by atoms with van der Waals surface area (Å²) in [6, 6.07) is 0. The van der Waals surface area contributed by atoms with E-state index < -0.39 is 16.0 Å². The summed E-state index contributed by atoms with van der Waals surface area (Å²) in [5, 5.41) is 8.67. The minimum atomic E-state index is -3.41. The third kappa shape index (κ3) is 5.74. The fourth-order valence-corrected chi connectivity index (χ4v) is 3.52. The van der Waals surface area contributed by atoms with Gasteiger partial charge in [-0.2, -0.15) is 0 Å². The summed E-state index contributed by atoms with van der Waals surface area (Å²) >= 11 is 0. The van der Waals surface area contributed by atoms with Gasteiger partial charge in [0.15, 0.2) is 0 Å². The first-order chi connectivity index (χ1) is 9.49. The van der Waals surface area contributed by atoms with Crippen LogP contribution < -0.4 is 0 Å². The zero-order chi connectivity index (χ0) is 15.0. The van der Waals surface area contributed by atoms with Crippen molar-refractivity contribution in [2.45, 2.75) is 32.3 Å². The summed E-state index contributed by atoms with van der Waals surface area (Å²) in [5.41, 5.74) is 0. The lowest BCUT2D eigenvalue weighted by atomic mass is 10.1. The fraction of sp³-hybridized carbons (Fsp3) is 0.917. The van der Waals surface area contributed by atoms with Crippen LogP contribution in [-0.2, 0) is 24.3 Å². The second-order valence-electron chi connectivity index (χ2n) is 4.56. The van der Waals surface area contributed by atoms with E-state index >= 15 is 0 Å². The van der Waals surface area contributed by atoms with E-state index in [4.69, 9.17) is 14.6 Å². The molecule has 118 valence electrons. The number of hydrogen-bond acceptors (Lipinski definition) is 6. The van der Waals surface area contributed by atoms with Crippen molar-refractivity contribution < 1.29 is 27.8 Å². The lowest BCUT2D eigenvalue weighted by Gasteiger charge is -2.31. The van der Waals surface area contributed by atoms with Gasteiger partial charge in [-0.25, -0.2) is 12.7 Å². The van der Waals surface area contributed by atoms with Crippen LogP contribution in [-0.4, -0.2) is 68.6 Å². The number of nitrogens with zero attached hydrogens (tertiary/aromatic N) is 1. The Balaban J connectivity index is 2.36. The largest absolute Gasteiger partial charge is 0.466 e. The van der Waals surface area contributed by atoms with Gasteiger partial charge in [0.2, 0.25) is 10.0 Å². The van der Waals surface area contributed by atoms with Gasteiger partial charge in [0, 0.05) is 13.1 Å². The van der Waals surface area contributed by atoms with Crippen molar-refractivity contribution in [2.75, 3.05) is 38.7 Å². The van der Waals surface area contributed by atoms with Gasteiger partial charge >= 0.3 is 5.97 Å². The molecule has 0 unspecified atom stereocenters. The molecule has 0 atom stereocenters. The molecule has 1 aliphatic heterocycles. The minimum Gasteiger partial charge on any atom is -0.466 e. The average Bonchev–Trinajstić information content (AvgIpc) is 2.44. The maximum Gasteiger partial charge on any atom is 0.306 e. The SMILES string of the molecule is CCOC(=O)CCS(=O)(=O)N1CCC(OCCO)CC1. The van der Waals surface area contributed by atoms with Crippen LogP contribution in [0.3, 0.4) is 0 Å². The Bertz CT molecular complexity index is 389. The van der Waals surface area contributed by atoms with Crippen LogP contribution in [0.1, 0.15) is 26.2 Å². The van der Waals surface area contributed by atoms with E-state index in [2.05, 4.69) is 0 Å². The van der Waals surface area contributed by atoms with E-state index in [1.165, 1.54) is 4.31 Å². The summed E-state index contributed by atoms with van der Waals surface area (Å²) in [7, 11) is -3.41. The molecular weight excluding hydrogens is 286 g/mol. The van der Waals surface area contributed by atoms with Crippen LogP contribution in [0.25, 0.3) is 0 Å². The van der Waals surface area contributed by atoms with Crippen molar-refractivity contribution >= 4 is 16.0 Å². The lowest BCUT2D eigenvalue weighted by Crippen LogP contribution is -2.42. The maximum absolute atomic E-state index is 12.1. The first kappa shape index (κ1) is 17.4. The van der Waals surface area contributed by atoms with Crippen LogP contribution in [0.5, 0.6) is 0 Å². The molecule has 0 amide bonds. The normalized spacial score (nSPS) is 18.1. The smallest absolute Gasteiger partial charge is 0.306 e. The maximum atomic E-state index is 12.1. The predicted molar refractivity (Wildman–Crippen MR) is 72.7 cm³/mol. The number of piperidine rings is 1. The summed E-state index contributed by atoms with van der Waals surface area (Å²) < 4.78 is 35.6. The van der Waals surface area contributed by atoms with Crippen molar-refractivity contribution in [3.05, 3.63) is 0 Å². The predicted octanol–water partition coefficient (Wildman–Crippen LogP) is -0.257. The van der Waals surface area contributed by atoms with Crippen molar-refractivity contribution in [3.63, 3.8) is 0 Å². The summed E-state index contributed by atoms with van der Waals surface area (Å²) in [6.45, 7) is 2.97. The van der Waals surface area contributed by atoms with Crippen molar-refractivity contribution in [1.82, 2.24) is 4.31 Å². The van der Waals surface area contributed by atoms with Gasteiger partial charge in [0.25, 0.3) is 0 Å². The van der Waals surface area contributed by atoms with Gasteiger partial charge in [0.1, 0.15) is 0 Å². The van der Waals surface area contributed by atoms with Gasteiger partial charge in [-0.3, -0.25) is 4.79 Å². The molecule has 8 heteroatoms. The van der Waals surface area contributed by atoms with Crippen molar-refractivity contribution in [3.8, 4) is 0 Å². The Hall–Kier alpha value is -0.700. The van der Waals surface area contributed by atoms with E-state index in [1.807, 2.05) is 0 Å². The standard InChI is InChI=1S/C12H23NO6S/c1-2-18-12(15)5-10-20(16,17)13-6-3-11(4-7-13)19-9-8-14/h11,14H,2-10H2,1H3. The molecule has 0 radical (unpaired) electrons. The van der Waals surface area contributed by atoms with Crippen LogP contribution >= 0.6 is 0 Å². The number of ether oxygens (including phenoxy) is 2. The number of rotatable bonds is 8. The Morgan fingerprint density at radius 1 is 1.35 bits per heavy atom. The molecule has 0 saturated carbocycles. The summed E-state index contributed by atoms with van der Waals surface area (Å²) in [4.78, 5) is 11.2. The average molecular weight is 309 g/mol. The third-order valence-corrected chi connectivity index (χ3v) is 4.98. The monoisotopic (exact) mass is 309 g/mol. The zero-order valence-electron chi connectivity index (χ0n) is 11.8. The highest BCUT2D eigenvalue weighted by Crippen LogP contribution is 2.17. The van der Waals surface area contributed by atoms with Gasteiger partial charge in [0.05, 0.1) is 38.1 Å². The first-order valence-corrected chi connectivity index (χ1v) is 8.46. The molecule has 7 nitrogen and oxygen atoms in total. The molecule has 0 aliphatic carbocycles. The molecule has 0 aromatic rings. The molecule has 1 aliphatic rings. The number of aliphatic hydroxyl groups excluding tert-OH is 1. The summed E-state index contributed by atoms with van der Waals surface area (Å²) in [5.74, 6) is -0.703. The molecule has 0 bridgehead atoms. The highest BCUT2D eigenvalue weighted by Gasteiger charge is 2.28. The number of esters is 1. The van der Waals surface area contributed by atoms with Gasteiger partial charge in [-0.15, -0.1) is 0 Å². The molecule has 0 spiro atoms. The van der Waals surface area contributed by atoms with E-state index in [0.717, 1.165) is 0 Å². The highest BCUT2D eigenvalue weighted by molar-refractivity contribution is 7.89. The number of aliphatic hydroxyl groups is 1. The number of hydrogen-bond donors (Lipinski definition) is 1. The quantitative estimate of drug-likeness (QED) is 0.621.